The van der Waals surface area contributed by atoms with Crippen LogP contribution < -0.4 is 10.6 Å². The highest BCUT2D eigenvalue weighted by molar-refractivity contribution is 7.10. The average molecular weight is 435 g/mol. The summed E-state index contributed by atoms with van der Waals surface area (Å²) in [6, 6.07) is 10.2. The number of nitriles is 1. The average Bonchev–Trinajstić information content (AvgIpc) is 3.12. The number of carbonyl (C=O) groups is 1. The molecule has 0 saturated heterocycles. The number of benzene rings is 1. The highest BCUT2D eigenvalue weighted by Crippen LogP contribution is 2.51. The zero-order valence-corrected chi connectivity index (χ0v) is 18.3. The fourth-order valence-corrected chi connectivity index (χ4v) is 5.51. The molecule has 8 heteroatoms. The third-order valence-corrected chi connectivity index (χ3v) is 6.95. The van der Waals surface area contributed by atoms with Crippen LogP contribution in [0.2, 0.25) is 0 Å². The van der Waals surface area contributed by atoms with E-state index < -0.39 is 10.8 Å². The van der Waals surface area contributed by atoms with Crippen LogP contribution in [0.3, 0.4) is 0 Å². The molecule has 0 fully saturated rings. The molecule has 158 valence electrons. The molecule has 0 amide bonds. The van der Waals surface area contributed by atoms with E-state index in [-0.39, 0.29) is 22.7 Å². The molecule has 1 aliphatic carbocycles. The van der Waals surface area contributed by atoms with Gasteiger partial charge in [0, 0.05) is 40.4 Å². The van der Waals surface area contributed by atoms with Crippen molar-refractivity contribution >= 4 is 28.5 Å². The summed E-state index contributed by atoms with van der Waals surface area (Å²) in [4.78, 5) is 26.7. The SMILES string of the molecule is Cc1ccsc1C1C(C#N)=C(N)N(c2ccc([N+](=O)[O-])cc2)C2=C1C(=O)CC(C)(C)C2. The van der Waals surface area contributed by atoms with Crippen LogP contribution in [0.25, 0.3) is 0 Å². The highest BCUT2D eigenvalue weighted by Gasteiger charge is 2.45. The molecule has 0 radical (unpaired) electrons. The Morgan fingerprint density at radius 1 is 1.26 bits per heavy atom. The number of hydrogen-bond acceptors (Lipinski definition) is 7. The Balaban J connectivity index is 1.97. The Labute approximate surface area is 184 Å². The van der Waals surface area contributed by atoms with Crippen molar-refractivity contribution in [1.29, 1.82) is 5.26 Å². The number of ketones is 1. The van der Waals surface area contributed by atoms with Gasteiger partial charge >= 0.3 is 0 Å². The van der Waals surface area contributed by atoms with E-state index in [1.54, 1.807) is 17.0 Å². The summed E-state index contributed by atoms with van der Waals surface area (Å²) in [6.07, 6.45) is 0.991. The molecular formula is C23H22N4O3S. The van der Waals surface area contributed by atoms with Crippen molar-refractivity contribution in [1.82, 2.24) is 0 Å². The van der Waals surface area contributed by atoms with Gasteiger partial charge < -0.3 is 5.73 Å². The maximum Gasteiger partial charge on any atom is 0.269 e. The van der Waals surface area contributed by atoms with Crippen molar-refractivity contribution in [2.24, 2.45) is 11.1 Å². The Morgan fingerprint density at radius 2 is 1.94 bits per heavy atom. The van der Waals surface area contributed by atoms with Crippen molar-refractivity contribution < 1.29 is 9.72 Å². The number of anilines is 1. The molecule has 4 rings (SSSR count). The second-order valence-corrected chi connectivity index (χ2v) is 9.67. The highest BCUT2D eigenvalue weighted by atomic mass is 32.1. The van der Waals surface area contributed by atoms with Gasteiger partial charge in [-0.2, -0.15) is 5.26 Å². The number of aryl methyl sites for hydroxylation is 1. The van der Waals surface area contributed by atoms with Crippen molar-refractivity contribution in [2.75, 3.05) is 4.90 Å². The van der Waals surface area contributed by atoms with Crippen LogP contribution in [-0.2, 0) is 4.79 Å². The number of nitro benzene ring substituents is 1. The fraction of sp³-hybridized carbons (Fsp3) is 0.304. The number of nitro groups is 1. The number of carbonyl (C=O) groups excluding carboxylic acids is 1. The van der Waals surface area contributed by atoms with E-state index in [9.17, 15) is 20.2 Å². The van der Waals surface area contributed by atoms with E-state index in [2.05, 4.69) is 6.07 Å². The maximum absolute atomic E-state index is 13.4. The molecule has 7 nitrogen and oxygen atoms in total. The molecule has 2 aromatic rings. The first-order valence-corrected chi connectivity index (χ1v) is 10.8. The fourth-order valence-electron chi connectivity index (χ4n) is 4.47. The van der Waals surface area contributed by atoms with Crippen LogP contribution >= 0.6 is 11.3 Å². The number of Topliss-reactive ketones (excluding diaryl/α,β-unsaturated/α-hetero) is 1. The van der Waals surface area contributed by atoms with Gasteiger partial charge in [-0.1, -0.05) is 13.8 Å². The molecule has 1 aromatic carbocycles. The normalized spacial score (nSPS) is 20.5. The first-order valence-electron chi connectivity index (χ1n) is 9.89. The predicted octanol–water partition coefficient (Wildman–Crippen LogP) is 4.91. The maximum atomic E-state index is 13.4. The third-order valence-electron chi connectivity index (χ3n) is 5.86. The number of rotatable bonds is 3. The molecular weight excluding hydrogens is 412 g/mol. The minimum atomic E-state index is -0.488. The van der Waals surface area contributed by atoms with E-state index in [4.69, 9.17) is 5.73 Å². The number of nitrogens with zero attached hydrogens (tertiary/aromatic N) is 3. The molecule has 0 bridgehead atoms. The van der Waals surface area contributed by atoms with Gasteiger partial charge in [-0.05, 0) is 47.9 Å². The van der Waals surface area contributed by atoms with E-state index in [1.807, 2.05) is 32.2 Å². The second-order valence-electron chi connectivity index (χ2n) is 8.72. The summed E-state index contributed by atoms with van der Waals surface area (Å²) in [7, 11) is 0. The molecule has 0 spiro atoms. The Bertz CT molecular complexity index is 1200. The van der Waals surface area contributed by atoms with Crippen molar-refractivity contribution in [3.8, 4) is 6.07 Å². The monoisotopic (exact) mass is 434 g/mol. The molecule has 2 heterocycles. The molecule has 31 heavy (non-hydrogen) atoms. The summed E-state index contributed by atoms with van der Waals surface area (Å²) < 4.78 is 0. The topological polar surface area (TPSA) is 113 Å². The lowest BCUT2D eigenvalue weighted by atomic mass is 9.69. The van der Waals surface area contributed by atoms with E-state index in [0.29, 0.717) is 29.7 Å². The number of hydrogen-bond donors (Lipinski definition) is 1. The Hall–Kier alpha value is -3.44. The van der Waals surface area contributed by atoms with Crippen molar-refractivity contribution in [3.63, 3.8) is 0 Å². The lowest BCUT2D eigenvalue weighted by Crippen LogP contribution is -2.42. The van der Waals surface area contributed by atoms with Crippen LogP contribution in [0.1, 0.15) is 43.0 Å². The molecule has 2 N–H and O–H groups in total. The largest absolute Gasteiger partial charge is 0.384 e. The van der Waals surface area contributed by atoms with Crippen LogP contribution in [-0.4, -0.2) is 10.7 Å². The number of thiophene rings is 1. The standard InChI is InChI=1S/C23H22N4O3S/c1-13-8-9-31-21(13)19-16(12-24)22(25)26(14-4-6-15(7-5-14)27(29)30)17-10-23(2,3)11-18(28)20(17)19/h4-9,19H,10-11,25H2,1-3H3. The molecule has 1 atom stereocenters. The van der Waals surface area contributed by atoms with Gasteiger partial charge in [0.1, 0.15) is 5.82 Å². The van der Waals surface area contributed by atoms with Gasteiger partial charge in [-0.3, -0.25) is 19.8 Å². The predicted molar refractivity (Wildman–Crippen MR) is 119 cm³/mol. The zero-order chi connectivity index (χ0) is 22.5. The summed E-state index contributed by atoms with van der Waals surface area (Å²) in [5.41, 5.74) is 9.57. The van der Waals surface area contributed by atoms with Gasteiger partial charge in [0.15, 0.2) is 5.78 Å². The molecule has 2 aliphatic rings. The van der Waals surface area contributed by atoms with Crippen molar-refractivity contribution in [2.45, 2.75) is 39.5 Å². The Kier molecular flexibility index (Phi) is 4.94. The van der Waals surface area contributed by atoms with Crippen LogP contribution in [0.4, 0.5) is 11.4 Å². The van der Waals surface area contributed by atoms with Crippen LogP contribution in [0, 0.1) is 33.8 Å². The number of non-ortho nitro benzene ring substituents is 1. The third kappa shape index (κ3) is 3.41. The molecule has 1 unspecified atom stereocenters. The summed E-state index contributed by atoms with van der Waals surface area (Å²) >= 11 is 1.52. The van der Waals surface area contributed by atoms with Gasteiger partial charge in [0.25, 0.3) is 5.69 Å². The lowest BCUT2D eigenvalue weighted by Gasteiger charge is -2.43. The lowest BCUT2D eigenvalue weighted by molar-refractivity contribution is -0.384. The number of nitrogens with two attached hydrogens (primary N) is 1. The van der Waals surface area contributed by atoms with Gasteiger partial charge in [-0.15, -0.1) is 11.3 Å². The summed E-state index contributed by atoms with van der Waals surface area (Å²) in [5.74, 6) is -0.215. The van der Waals surface area contributed by atoms with Crippen LogP contribution in [0.5, 0.6) is 0 Å². The van der Waals surface area contributed by atoms with Crippen molar-refractivity contribution in [3.05, 3.63) is 78.9 Å². The second kappa shape index (κ2) is 7.36. The first-order chi connectivity index (χ1) is 14.6. The first kappa shape index (κ1) is 20.8. The van der Waals surface area contributed by atoms with E-state index in [1.165, 1.54) is 23.5 Å². The number of allylic oxidation sites excluding steroid dienone is 3. The van der Waals surface area contributed by atoms with E-state index in [0.717, 1.165) is 16.1 Å². The minimum absolute atomic E-state index is 0.0104. The minimum Gasteiger partial charge on any atom is -0.384 e. The molecule has 1 aromatic heterocycles. The quantitative estimate of drug-likeness (QED) is 0.543. The summed E-state index contributed by atoms with van der Waals surface area (Å²) in [5, 5.41) is 23.1. The van der Waals surface area contributed by atoms with Gasteiger partial charge in [-0.25, -0.2) is 0 Å². The van der Waals surface area contributed by atoms with E-state index >= 15 is 0 Å². The smallest absolute Gasteiger partial charge is 0.269 e. The van der Waals surface area contributed by atoms with Crippen LogP contribution in [0.15, 0.2) is 58.4 Å². The molecule has 1 aliphatic heterocycles. The van der Waals surface area contributed by atoms with Gasteiger partial charge in [0.2, 0.25) is 0 Å². The summed E-state index contributed by atoms with van der Waals surface area (Å²) in [6.45, 7) is 6.04. The van der Waals surface area contributed by atoms with Gasteiger partial charge in [0.05, 0.1) is 22.5 Å². The Morgan fingerprint density at radius 3 is 2.48 bits per heavy atom. The molecule has 0 saturated carbocycles. The zero-order valence-electron chi connectivity index (χ0n) is 17.5.